The van der Waals surface area contributed by atoms with Crippen molar-refractivity contribution in [2.24, 2.45) is 5.73 Å². The van der Waals surface area contributed by atoms with E-state index in [1.54, 1.807) is 0 Å². The highest BCUT2D eigenvalue weighted by Crippen LogP contribution is 2.25. The smallest absolute Gasteiger partial charge is 0.0618 e. The van der Waals surface area contributed by atoms with Gasteiger partial charge in [0.25, 0.3) is 0 Å². The van der Waals surface area contributed by atoms with Gasteiger partial charge in [-0.1, -0.05) is 36.5 Å². The molecule has 0 aliphatic heterocycles. The van der Waals surface area contributed by atoms with E-state index in [1.165, 1.54) is 11.1 Å². The van der Waals surface area contributed by atoms with Crippen LogP contribution in [-0.4, -0.2) is 4.86 Å². The number of fused-ring (bicyclic) bond motifs is 1. The Labute approximate surface area is 77.6 Å². The average Bonchev–Trinajstić information content (AvgIpc) is 2.12. The molecule has 1 aliphatic carbocycles. The molecule has 0 radical (unpaired) electrons. The van der Waals surface area contributed by atoms with E-state index in [9.17, 15) is 0 Å². The van der Waals surface area contributed by atoms with Crippen molar-refractivity contribution in [3.05, 3.63) is 35.4 Å². The van der Waals surface area contributed by atoms with Crippen LogP contribution in [-0.2, 0) is 6.42 Å². The first-order chi connectivity index (χ1) is 5.79. The summed E-state index contributed by atoms with van der Waals surface area (Å²) in [6.07, 6.45) is 2.02. The zero-order chi connectivity index (χ0) is 8.55. The number of thiocarbonyl (C=S) groups is 1. The number of benzene rings is 1. The molecule has 0 amide bonds. The summed E-state index contributed by atoms with van der Waals surface area (Å²) < 4.78 is 0. The molecule has 12 heavy (non-hydrogen) atoms. The lowest BCUT2D eigenvalue weighted by Crippen LogP contribution is -2.25. The van der Waals surface area contributed by atoms with Crippen molar-refractivity contribution in [3.8, 4) is 0 Å². The maximum Gasteiger partial charge on any atom is 0.0618 e. The van der Waals surface area contributed by atoms with Crippen molar-refractivity contribution in [3.63, 3.8) is 0 Å². The van der Waals surface area contributed by atoms with Crippen molar-refractivity contribution < 1.29 is 0 Å². The normalized spacial score (nSPS) is 22.1. The molecule has 2 heteroatoms. The molecular formula is C10H11NS. The maximum absolute atomic E-state index is 5.95. The predicted octanol–water partition coefficient (Wildman–Crippen LogP) is 2.00. The third-order valence-electron chi connectivity index (χ3n) is 2.38. The van der Waals surface area contributed by atoms with Crippen molar-refractivity contribution in [1.29, 1.82) is 0 Å². The second kappa shape index (κ2) is 2.96. The van der Waals surface area contributed by atoms with Gasteiger partial charge in [0.1, 0.15) is 0 Å². The van der Waals surface area contributed by atoms with Gasteiger partial charge >= 0.3 is 0 Å². The Morgan fingerprint density at radius 2 is 2.00 bits per heavy atom. The number of nitrogens with two attached hydrogens (primary N) is 1. The Morgan fingerprint density at radius 1 is 1.25 bits per heavy atom. The highest BCUT2D eigenvalue weighted by molar-refractivity contribution is 7.80. The molecule has 62 valence electrons. The SMILES string of the molecule is NC1C(=S)CCc2ccccc21. The number of aryl methyl sites for hydroxylation is 1. The molecule has 2 rings (SSSR count). The van der Waals surface area contributed by atoms with Crippen LogP contribution in [0.1, 0.15) is 23.6 Å². The summed E-state index contributed by atoms with van der Waals surface area (Å²) >= 11 is 5.18. The third-order valence-corrected chi connectivity index (χ3v) is 2.84. The molecule has 0 spiro atoms. The lowest BCUT2D eigenvalue weighted by atomic mass is 9.88. The summed E-state index contributed by atoms with van der Waals surface area (Å²) in [5, 5.41) is 0. The van der Waals surface area contributed by atoms with Gasteiger partial charge in [-0.25, -0.2) is 0 Å². The molecule has 0 fully saturated rings. The van der Waals surface area contributed by atoms with Crippen molar-refractivity contribution in [2.75, 3.05) is 0 Å². The fraction of sp³-hybridized carbons (Fsp3) is 0.300. The summed E-state index contributed by atoms with van der Waals surface area (Å²) in [6, 6.07) is 8.28. The molecule has 0 heterocycles. The van der Waals surface area contributed by atoms with Crippen molar-refractivity contribution >= 4 is 17.1 Å². The van der Waals surface area contributed by atoms with Gasteiger partial charge in [0.2, 0.25) is 0 Å². The molecule has 1 aromatic carbocycles. The molecule has 0 aromatic heterocycles. The monoisotopic (exact) mass is 177 g/mol. The molecule has 1 nitrogen and oxygen atoms in total. The van der Waals surface area contributed by atoms with Crippen LogP contribution < -0.4 is 5.73 Å². The molecule has 0 saturated carbocycles. The van der Waals surface area contributed by atoms with Crippen LogP contribution in [0.25, 0.3) is 0 Å². The molecule has 1 aliphatic rings. The van der Waals surface area contributed by atoms with Gasteiger partial charge in [-0.15, -0.1) is 0 Å². The maximum atomic E-state index is 5.95. The highest BCUT2D eigenvalue weighted by Gasteiger charge is 2.19. The van der Waals surface area contributed by atoms with Crippen LogP contribution in [0.3, 0.4) is 0 Å². The summed E-state index contributed by atoms with van der Waals surface area (Å²) in [5.41, 5.74) is 8.52. The third kappa shape index (κ3) is 1.17. The van der Waals surface area contributed by atoms with E-state index in [2.05, 4.69) is 18.2 Å². The van der Waals surface area contributed by atoms with Crippen LogP contribution in [0, 0.1) is 0 Å². The van der Waals surface area contributed by atoms with E-state index >= 15 is 0 Å². The Bertz CT molecular complexity index is 319. The Balaban J connectivity index is 2.48. The lowest BCUT2D eigenvalue weighted by Gasteiger charge is -2.22. The first-order valence-corrected chi connectivity index (χ1v) is 4.56. The van der Waals surface area contributed by atoms with Crippen molar-refractivity contribution in [2.45, 2.75) is 18.9 Å². The predicted molar refractivity (Wildman–Crippen MR) is 54.3 cm³/mol. The van der Waals surface area contributed by atoms with Gasteiger partial charge in [-0.05, 0) is 24.0 Å². The summed E-state index contributed by atoms with van der Waals surface area (Å²) in [6.45, 7) is 0. The van der Waals surface area contributed by atoms with E-state index in [4.69, 9.17) is 18.0 Å². The van der Waals surface area contributed by atoms with E-state index < -0.39 is 0 Å². The zero-order valence-electron chi connectivity index (χ0n) is 6.79. The van der Waals surface area contributed by atoms with Crippen LogP contribution >= 0.6 is 12.2 Å². The minimum atomic E-state index is -0.00931. The Morgan fingerprint density at radius 3 is 2.83 bits per heavy atom. The second-order valence-electron chi connectivity index (χ2n) is 3.14. The average molecular weight is 177 g/mol. The van der Waals surface area contributed by atoms with Crippen LogP contribution in [0.4, 0.5) is 0 Å². The minimum absolute atomic E-state index is 0.00931. The largest absolute Gasteiger partial charge is 0.320 e. The fourth-order valence-corrected chi connectivity index (χ4v) is 1.88. The van der Waals surface area contributed by atoms with E-state index in [0.29, 0.717) is 0 Å². The zero-order valence-corrected chi connectivity index (χ0v) is 7.60. The molecule has 2 N–H and O–H groups in total. The second-order valence-corrected chi connectivity index (χ2v) is 3.67. The molecule has 1 atom stereocenters. The Hall–Kier alpha value is -0.730. The number of hydrogen-bond donors (Lipinski definition) is 1. The minimum Gasteiger partial charge on any atom is -0.320 e. The highest BCUT2D eigenvalue weighted by atomic mass is 32.1. The lowest BCUT2D eigenvalue weighted by molar-refractivity contribution is 0.846. The van der Waals surface area contributed by atoms with E-state index in [-0.39, 0.29) is 6.04 Å². The van der Waals surface area contributed by atoms with Gasteiger partial charge < -0.3 is 5.73 Å². The van der Waals surface area contributed by atoms with Crippen LogP contribution in [0.5, 0.6) is 0 Å². The van der Waals surface area contributed by atoms with Crippen LogP contribution in [0.2, 0.25) is 0 Å². The quantitative estimate of drug-likeness (QED) is 0.613. The standard InChI is InChI=1S/C10H11NS/c11-10-8-4-2-1-3-7(8)5-6-9(10)12/h1-4,10H,5-6,11H2. The number of hydrogen-bond acceptors (Lipinski definition) is 2. The molecular weight excluding hydrogens is 166 g/mol. The molecule has 1 unspecified atom stereocenters. The van der Waals surface area contributed by atoms with E-state index in [0.717, 1.165) is 17.7 Å². The van der Waals surface area contributed by atoms with Gasteiger partial charge in [0.05, 0.1) is 6.04 Å². The van der Waals surface area contributed by atoms with Gasteiger partial charge in [0.15, 0.2) is 0 Å². The van der Waals surface area contributed by atoms with Crippen LogP contribution in [0.15, 0.2) is 24.3 Å². The topological polar surface area (TPSA) is 26.0 Å². The first-order valence-electron chi connectivity index (χ1n) is 4.15. The van der Waals surface area contributed by atoms with E-state index in [1.807, 2.05) is 6.07 Å². The molecule has 1 aromatic rings. The van der Waals surface area contributed by atoms with Gasteiger partial charge in [-0.2, -0.15) is 0 Å². The van der Waals surface area contributed by atoms with Crippen molar-refractivity contribution in [1.82, 2.24) is 0 Å². The fourth-order valence-electron chi connectivity index (χ4n) is 1.65. The molecule has 0 bridgehead atoms. The first kappa shape index (κ1) is 7.90. The van der Waals surface area contributed by atoms with Gasteiger partial charge in [0, 0.05) is 4.86 Å². The molecule has 0 saturated heterocycles. The summed E-state index contributed by atoms with van der Waals surface area (Å²) in [7, 11) is 0. The summed E-state index contributed by atoms with van der Waals surface area (Å²) in [5.74, 6) is 0. The van der Waals surface area contributed by atoms with Gasteiger partial charge in [-0.3, -0.25) is 0 Å². The summed E-state index contributed by atoms with van der Waals surface area (Å²) in [4.78, 5) is 0.994. The number of rotatable bonds is 0. The Kier molecular flexibility index (Phi) is 1.95.